The van der Waals surface area contributed by atoms with Crippen LogP contribution in [-0.2, 0) is 0 Å². The molecular formula is C14H20O. The Balaban J connectivity index is 2.61. The molecule has 1 N–H and O–H groups in total. The molecule has 0 fully saturated rings. The van der Waals surface area contributed by atoms with Crippen LogP contribution < -0.4 is 0 Å². The second-order valence-electron chi connectivity index (χ2n) is 4.09. The molecule has 15 heavy (non-hydrogen) atoms. The van der Waals surface area contributed by atoms with E-state index in [1.165, 1.54) is 11.1 Å². The van der Waals surface area contributed by atoms with Crippen molar-refractivity contribution in [1.82, 2.24) is 0 Å². The quantitative estimate of drug-likeness (QED) is 0.727. The minimum atomic E-state index is 0.274. The summed E-state index contributed by atoms with van der Waals surface area (Å²) in [4.78, 5) is 0. The summed E-state index contributed by atoms with van der Waals surface area (Å²) in [6, 6.07) is 8.60. The summed E-state index contributed by atoms with van der Waals surface area (Å²) < 4.78 is 0. The zero-order valence-electron chi connectivity index (χ0n) is 9.61. The topological polar surface area (TPSA) is 20.2 Å². The van der Waals surface area contributed by atoms with Gasteiger partial charge in [0.1, 0.15) is 0 Å². The number of hydrogen-bond acceptors (Lipinski definition) is 1. The molecule has 1 nitrogen and oxygen atoms in total. The fraction of sp³-hybridized carbons (Fsp3) is 0.429. The molecule has 0 aromatic heterocycles. The Bertz CT molecular complexity index is 313. The average Bonchev–Trinajstić information content (AvgIpc) is 2.25. The fourth-order valence-electron chi connectivity index (χ4n) is 1.45. The third-order valence-corrected chi connectivity index (χ3v) is 2.42. The average molecular weight is 204 g/mol. The molecule has 0 aliphatic heterocycles. The fourth-order valence-corrected chi connectivity index (χ4v) is 1.45. The van der Waals surface area contributed by atoms with E-state index >= 15 is 0 Å². The first-order chi connectivity index (χ1) is 7.24. The zero-order valence-corrected chi connectivity index (χ0v) is 9.61. The van der Waals surface area contributed by atoms with E-state index in [1.54, 1.807) is 0 Å². The number of benzene rings is 1. The third kappa shape index (κ3) is 4.30. The number of allylic oxidation sites excluding steroid dienone is 1. The lowest BCUT2D eigenvalue weighted by Gasteiger charge is -2.05. The SMILES string of the molecule is CC(C)c1cccc(C=CCCCO)c1. The molecule has 0 atom stereocenters. The molecule has 0 amide bonds. The van der Waals surface area contributed by atoms with Gasteiger partial charge >= 0.3 is 0 Å². The molecule has 82 valence electrons. The molecule has 1 rings (SSSR count). The molecule has 0 bridgehead atoms. The monoisotopic (exact) mass is 204 g/mol. The second-order valence-corrected chi connectivity index (χ2v) is 4.09. The molecule has 0 saturated heterocycles. The maximum atomic E-state index is 8.65. The molecule has 0 aliphatic carbocycles. The van der Waals surface area contributed by atoms with Crippen molar-refractivity contribution in [2.75, 3.05) is 6.61 Å². The predicted molar refractivity (Wildman–Crippen MR) is 65.9 cm³/mol. The van der Waals surface area contributed by atoms with E-state index < -0.39 is 0 Å². The van der Waals surface area contributed by atoms with Crippen LogP contribution in [0.1, 0.15) is 43.7 Å². The number of aliphatic hydroxyl groups excluding tert-OH is 1. The van der Waals surface area contributed by atoms with Gasteiger partial charge in [-0.2, -0.15) is 0 Å². The third-order valence-electron chi connectivity index (χ3n) is 2.42. The Morgan fingerprint density at radius 2 is 2.13 bits per heavy atom. The summed E-state index contributed by atoms with van der Waals surface area (Å²) in [5.74, 6) is 0.579. The van der Waals surface area contributed by atoms with Crippen molar-refractivity contribution in [2.24, 2.45) is 0 Å². The largest absolute Gasteiger partial charge is 0.396 e. The van der Waals surface area contributed by atoms with E-state index in [9.17, 15) is 0 Å². The van der Waals surface area contributed by atoms with Gasteiger partial charge in [-0.3, -0.25) is 0 Å². The molecule has 1 aromatic carbocycles. The van der Waals surface area contributed by atoms with E-state index in [2.05, 4.69) is 50.3 Å². The van der Waals surface area contributed by atoms with Gasteiger partial charge in [-0.05, 0) is 29.9 Å². The van der Waals surface area contributed by atoms with E-state index in [0.717, 1.165) is 12.8 Å². The maximum Gasteiger partial charge on any atom is 0.0433 e. The number of unbranched alkanes of at least 4 members (excludes halogenated alkanes) is 1. The van der Waals surface area contributed by atoms with Crippen LogP contribution in [0.4, 0.5) is 0 Å². The van der Waals surface area contributed by atoms with Crippen LogP contribution in [0.25, 0.3) is 6.08 Å². The summed E-state index contributed by atoms with van der Waals surface area (Å²) in [6.07, 6.45) is 6.04. The van der Waals surface area contributed by atoms with Crippen LogP contribution in [0, 0.1) is 0 Å². The van der Waals surface area contributed by atoms with Crippen LogP contribution in [0.15, 0.2) is 30.3 Å². The highest BCUT2D eigenvalue weighted by Gasteiger charge is 1.97. The van der Waals surface area contributed by atoms with Gasteiger partial charge in [0.25, 0.3) is 0 Å². The van der Waals surface area contributed by atoms with Crippen LogP contribution >= 0.6 is 0 Å². The molecule has 0 spiro atoms. The van der Waals surface area contributed by atoms with Gasteiger partial charge in [0.15, 0.2) is 0 Å². The van der Waals surface area contributed by atoms with Gasteiger partial charge < -0.3 is 5.11 Å². The van der Waals surface area contributed by atoms with Crippen molar-refractivity contribution in [2.45, 2.75) is 32.6 Å². The van der Waals surface area contributed by atoms with Crippen molar-refractivity contribution in [3.63, 3.8) is 0 Å². The Labute approximate surface area is 92.5 Å². The highest BCUT2D eigenvalue weighted by atomic mass is 16.2. The summed E-state index contributed by atoms with van der Waals surface area (Å²) in [6.45, 7) is 4.68. The van der Waals surface area contributed by atoms with Crippen LogP contribution in [0.5, 0.6) is 0 Å². The van der Waals surface area contributed by atoms with Gasteiger partial charge in [-0.25, -0.2) is 0 Å². The Hall–Kier alpha value is -1.08. The first kappa shape index (κ1) is 12.0. The minimum absolute atomic E-state index is 0.274. The summed E-state index contributed by atoms with van der Waals surface area (Å²) in [7, 11) is 0. The van der Waals surface area contributed by atoms with Crippen LogP contribution in [0.2, 0.25) is 0 Å². The lowest BCUT2D eigenvalue weighted by molar-refractivity contribution is 0.290. The van der Waals surface area contributed by atoms with Crippen LogP contribution in [-0.4, -0.2) is 11.7 Å². The normalized spacial score (nSPS) is 11.5. The molecule has 1 heteroatoms. The zero-order chi connectivity index (χ0) is 11.1. The molecule has 0 heterocycles. The van der Waals surface area contributed by atoms with Crippen molar-refractivity contribution < 1.29 is 5.11 Å². The highest BCUT2D eigenvalue weighted by molar-refractivity contribution is 5.50. The Morgan fingerprint density at radius 1 is 1.33 bits per heavy atom. The van der Waals surface area contributed by atoms with Crippen molar-refractivity contribution >= 4 is 6.08 Å². The van der Waals surface area contributed by atoms with E-state index in [-0.39, 0.29) is 6.61 Å². The molecular weight excluding hydrogens is 184 g/mol. The molecule has 1 aromatic rings. The lowest BCUT2D eigenvalue weighted by atomic mass is 10.0. The smallest absolute Gasteiger partial charge is 0.0433 e. The number of aliphatic hydroxyl groups is 1. The molecule has 0 unspecified atom stereocenters. The summed E-state index contributed by atoms with van der Waals surface area (Å²) in [5, 5.41) is 8.65. The number of rotatable bonds is 5. The van der Waals surface area contributed by atoms with E-state index in [1.807, 2.05) is 0 Å². The van der Waals surface area contributed by atoms with Gasteiger partial charge in [-0.15, -0.1) is 0 Å². The summed E-state index contributed by atoms with van der Waals surface area (Å²) >= 11 is 0. The van der Waals surface area contributed by atoms with Gasteiger partial charge in [0, 0.05) is 6.61 Å². The lowest BCUT2D eigenvalue weighted by Crippen LogP contribution is -1.86. The van der Waals surface area contributed by atoms with Gasteiger partial charge in [0.05, 0.1) is 0 Å². The second kappa shape index (κ2) is 6.41. The van der Waals surface area contributed by atoms with Gasteiger partial charge in [-0.1, -0.05) is 50.3 Å². The van der Waals surface area contributed by atoms with Crippen LogP contribution in [0.3, 0.4) is 0 Å². The predicted octanol–water partition coefficient (Wildman–Crippen LogP) is 3.60. The first-order valence-electron chi connectivity index (χ1n) is 5.61. The molecule has 0 saturated carbocycles. The summed E-state index contributed by atoms with van der Waals surface area (Å²) in [5.41, 5.74) is 2.62. The van der Waals surface area contributed by atoms with E-state index in [4.69, 9.17) is 5.11 Å². The maximum absolute atomic E-state index is 8.65. The van der Waals surface area contributed by atoms with Crippen molar-refractivity contribution in [3.05, 3.63) is 41.5 Å². The first-order valence-corrected chi connectivity index (χ1v) is 5.61. The Kier molecular flexibility index (Phi) is 5.13. The Morgan fingerprint density at radius 3 is 2.80 bits per heavy atom. The van der Waals surface area contributed by atoms with Gasteiger partial charge in [0.2, 0.25) is 0 Å². The van der Waals surface area contributed by atoms with Crippen molar-refractivity contribution in [3.8, 4) is 0 Å². The highest BCUT2D eigenvalue weighted by Crippen LogP contribution is 2.16. The standard InChI is InChI=1S/C14H20O/c1-12(2)14-9-6-8-13(11-14)7-4-3-5-10-15/h4,6-9,11-12,15H,3,5,10H2,1-2H3. The molecule has 0 aliphatic rings. The minimum Gasteiger partial charge on any atom is -0.396 e. The van der Waals surface area contributed by atoms with Crippen molar-refractivity contribution in [1.29, 1.82) is 0 Å². The van der Waals surface area contributed by atoms with E-state index in [0.29, 0.717) is 5.92 Å². The number of hydrogen-bond donors (Lipinski definition) is 1. The molecule has 0 radical (unpaired) electrons.